The first kappa shape index (κ1) is 12.0. The highest BCUT2D eigenvalue weighted by Crippen LogP contribution is 2.23. The summed E-state index contributed by atoms with van der Waals surface area (Å²) < 4.78 is 0. The largest absolute Gasteiger partial charge is 0.313 e. The van der Waals surface area contributed by atoms with Gasteiger partial charge < -0.3 is 4.90 Å². The fourth-order valence-corrected chi connectivity index (χ4v) is 1.93. The summed E-state index contributed by atoms with van der Waals surface area (Å²) in [5.74, 6) is 0.712. The first-order valence-corrected chi connectivity index (χ1v) is 6.51. The summed E-state index contributed by atoms with van der Waals surface area (Å²) in [5, 5.41) is 0.779. The Bertz CT molecular complexity index is 496. The van der Waals surface area contributed by atoms with Crippen molar-refractivity contribution in [3.8, 4) is 0 Å². The maximum Gasteiger partial charge on any atom is 0.229 e. The minimum Gasteiger partial charge on any atom is -0.313 e. The van der Waals surface area contributed by atoms with Gasteiger partial charge in [0.05, 0.1) is 0 Å². The Morgan fingerprint density at radius 2 is 1.82 bits per heavy atom. The van der Waals surface area contributed by atoms with Crippen molar-refractivity contribution >= 4 is 27.6 Å². The van der Waals surface area contributed by atoms with E-state index in [1.807, 2.05) is 36.5 Å². The lowest BCUT2D eigenvalue weighted by Crippen LogP contribution is -2.14. The van der Waals surface area contributed by atoms with E-state index in [4.69, 9.17) is 0 Å². The van der Waals surface area contributed by atoms with Gasteiger partial charge in [-0.3, -0.25) is 0 Å². The predicted molar refractivity (Wildman–Crippen MR) is 73.9 cm³/mol. The summed E-state index contributed by atoms with van der Waals surface area (Å²) in [4.78, 5) is 10.7. The number of benzene rings is 1. The molecule has 0 fully saturated rings. The summed E-state index contributed by atoms with van der Waals surface area (Å²) in [5.41, 5.74) is 3.41. The molecule has 0 unspecified atom stereocenters. The Hall–Kier alpha value is -1.42. The average molecular weight is 292 g/mol. The molecule has 0 aliphatic carbocycles. The van der Waals surface area contributed by atoms with Gasteiger partial charge in [0, 0.05) is 30.5 Å². The Labute approximate surface area is 110 Å². The van der Waals surface area contributed by atoms with Crippen LogP contribution in [0.25, 0.3) is 0 Å². The first-order chi connectivity index (χ1) is 8.22. The third-order valence-electron chi connectivity index (χ3n) is 2.62. The van der Waals surface area contributed by atoms with E-state index in [2.05, 4.69) is 45.0 Å². The minimum atomic E-state index is 0.712. The molecule has 0 bridgehead atoms. The van der Waals surface area contributed by atoms with Crippen LogP contribution in [-0.2, 0) is 5.33 Å². The van der Waals surface area contributed by atoms with Gasteiger partial charge >= 0.3 is 0 Å². The zero-order valence-corrected chi connectivity index (χ0v) is 11.5. The van der Waals surface area contributed by atoms with Crippen molar-refractivity contribution in [2.75, 3.05) is 11.9 Å². The second-order valence-electron chi connectivity index (χ2n) is 3.87. The average Bonchev–Trinajstić information content (AvgIpc) is 2.39. The lowest BCUT2D eigenvalue weighted by Gasteiger charge is -2.19. The number of halogens is 1. The third-order valence-corrected chi connectivity index (χ3v) is 3.27. The highest BCUT2D eigenvalue weighted by molar-refractivity contribution is 9.08. The van der Waals surface area contributed by atoms with Crippen LogP contribution in [0.2, 0.25) is 0 Å². The molecule has 88 valence electrons. The van der Waals surface area contributed by atoms with E-state index < -0.39 is 0 Å². The van der Waals surface area contributed by atoms with Crippen molar-refractivity contribution in [3.05, 3.63) is 47.8 Å². The molecule has 0 amide bonds. The standard InChI is InChI=1S/C13H14BrN3/c1-10-5-3-4-6-12(10)17(2)13-15-8-11(7-14)9-16-13/h3-6,8-9H,7H2,1-2H3. The van der Waals surface area contributed by atoms with Gasteiger partial charge in [0.15, 0.2) is 0 Å². The summed E-state index contributed by atoms with van der Waals surface area (Å²) in [6.07, 6.45) is 3.68. The molecule has 0 atom stereocenters. The number of anilines is 2. The summed E-state index contributed by atoms with van der Waals surface area (Å²) >= 11 is 3.38. The van der Waals surface area contributed by atoms with Crippen LogP contribution < -0.4 is 4.90 Å². The number of aryl methyl sites for hydroxylation is 1. The van der Waals surface area contributed by atoms with E-state index in [-0.39, 0.29) is 0 Å². The Balaban J connectivity index is 2.30. The number of alkyl halides is 1. The molecule has 17 heavy (non-hydrogen) atoms. The Morgan fingerprint density at radius 3 is 2.41 bits per heavy atom. The van der Waals surface area contributed by atoms with Crippen molar-refractivity contribution in [1.82, 2.24) is 9.97 Å². The van der Waals surface area contributed by atoms with Crippen molar-refractivity contribution in [2.45, 2.75) is 12.3 Å². The Morgan fingerprint density at radius 1 is 1.18 bits per heavy atom. The van der Waals surface area contributed by atoms with Crippen LogP contribution in [0.1, 0.15) is 11.1 Å². The van der Waals surface area contributed by atoms with Gasteiger partial charge in [-0.2, -0.15) is 0 Å². The van der Waals surface area contributed by atoms with Gasteiger partial charge in [0.1, 0.15) is 0 Å². The second kappa shape index (κ2) is 5.27. The molecule has 1 aromatic carbocycles. The monoisotopic (exact) mass is 291 g/mol. The molecule has 0 saturated carbocycles. The van der Waals surface area contributed by atoms with Crippen molar-refractivity contribution in [1.29, 1.82) is 0 Å². The van der Waals surface area contributed by atoms with Crippen LogP contribution in [0.3, 0.4) is 0 Å². The molecule has 0 aliphatic heterocycles. The summed E-state index contributed by atoms with van der Waals surface area (Å²) in [6, 6.07) is 8.20. The van der Waals surface area contributed by atoms with E-state index >= 15 is 0 Å². The zero-order chi connectivity index (χ0) is 12.3. The number of hydrogen-bond donors (Lipinski definition) is 0. The molecule has 2 aromatic rings. The van der Waals surface area contributed by atoms with Crippen molar-refractivity contribution in [3.63, 3.8) is 0 Å². The van der Waals surface area contributed by atoms with Crippen LogP contribution in [-0.4, -0.2) is 17.0 Å². The predicted octanol–water partition coefficient (Wildman–Crippen LogP) is 3.45. The van der Waals surface area contributed by atoms with E-state index in [0.29, 0.717) is 5.95 Å². The van der Waals surface area contributed by atoms with Gasteiger partial charge in [-0.15, -0.1) is 0 Å². The van der Waals surface area contributed by atoms with Gasteiger partial charge in [0.2, 0.25) is 5.95 Å². The van der Waals surface area contributed by atoms with Crippen molar-refractivity contribution in [2.24, 2.45) is 0 Å². The van der Waals surface area contributed by atoms with Gasteiger partial charge in [-0.1, -0.05) is 34.1 Å². The van der Waals surface area contributed by atoms with Crippen LogP contribution >= 0.6 is 15.9 Å². The molecular formula is C13H14BrN3. The van der Waals surface area contributed by atoms with E-state index in [1.165, 1.54) is 5.56 Å². The number of para-hydroxylation sites is 1. The van der Waals surface area contributed by atoms with Crippen LogP contribution in [0.4, 0.5) is 11.6 Å². The van der Waals surface area contributed by atoms with Crippen molar-refractivity contribution < 1.29 is 0 Å². The zero-order valence-electron chi connectivity index (χ0n) is 9.89. The maximum absolute atomic E-state index is 4.35. The summed E-state index contributed by atoms with van der Waals surface area (Å²) in [6.45, 7) is 2.08. The molecule has 0 N–H and O–H groups in total. The molecule has 0 aliphatic rings. The first-order valence-electron chi connectivity index (χ1n) is 5.38. The molecule has 0 radical (unpaired) electrons. The molecular weight excluding hydrogens is 278 g/mol. The second-order valence-corrected chi connectivity index (χ2v) is 4.43. The van der Waals surface area contributed by atoms with Gasteiger partial charge in [-0.25, -0.2) is 9.97 Å². The van der Waals surface area contributed by atoms with E-state index in [0.717, 1.165) is 16.6 Å². The fourth-order valence-electron chi connectivity index (χ4n) is 1.64. The maximum atomic E-state index is 4.35. The quantitative estimate of drug-likeness (QED) is 0.811. The van der Waals surface area contributed by atoms with E-state index in [9.17, 15) is 0 Å². The normalized spacial score (nSPS) is 10.3. The van der Waals surface area contributed by atoms with Gasteiger partial charge in [-0.05, 0) is 24.1 Å². The number of aromatic nitrogens is 2. The fraction of sp³-hybridized carbons (Fsp3) is 0.231. The van der Waals surface area contributed by atoms with E-state index in [1.54, 1.807) is 0 Å². The third kappa shape index (κ3) is 2.64. The molecule has 4 heteroatoms. The highest BCUT2D eigenvalue weighted by atomic mass is 79.9. The molecule has 3 nitrogen and oxygen atoms in total. The molecule has 2 rings (SSSR count). The highest BCUT2D eigenvalue weighted by Gasteiger charge is 2.08. The lowest BCUT2D eigenvalue weighted by molar-refractivity contribution is 1.02. The molecule has 1 heterocycles. The Kier molecular flexibility index (Phi) is 3.74. The topological polar surface area (TPSA) is 29.0 Å². The minimum absolute atomic E-state index is 0.712. The number of nitrogens with zero attached hydrogens (tertiary/aromatic N) is 3. The summed E-state index contributed by atoms with van der Waals surface area (Å²) in [7, 11) is 1.98. The van der Waals surface area contributed by atoms with Crippen LogP contribution in [0.15, 0.2) is 36.7 Å². The molecule has 0 spiro atoms. The molecule has 1 aromatic heterocycles. The molecule has 0 saturated heterocycles. The van der Waals surface area contributed by atoms with Crippen LogP contribution in [0, 0.1) is 6.92 Å². The van der Waals surface area contributed by atoms with Gasteiger partial charge in [0.25, 0.3) is 0 Å². The number of rotatable bonds is 3. The number of hydrogen-bond acceptors (Lipinski definition) is 3. The smallest absolute Gasteiger partial charge is 0.229 e. The SMILES string of the molecule is Cc1ccccc1N(C)c1ncc(CBr)cn1. The lowest BCUT2D eigenvalue weighted by atomic mass is 10.2. The van der Waals surface area contributed by atoms with Crippen LogP contribution in [0.5, 0.6) is 0 Å².